The normalized spacial score (nSPS) is 30.2. The predicted molar refractivity (Wildman–Crippen MR) is 37.7 cm³/mol. The maximum atomic E-state index is 12.2. The molecule has 0 bridgehead atoms. The fourth-order valence-electron chi connectivity index (χ4n) is 1.36. The summed E-state index contributed by atoms with van der Waals surface area (Å²) in [6.07, 6.45) is -3.47. The largest absolute Gasteiger partial charge is 0.418 e. The first kappa shape index (κ1) is 9.80. The van der Waals surface area contributed by atoms with Crippen molar-refractivity contribution < 1.29 is 18.3 Å². The molecule has 0 saturated carbocycles. The molecule has 2 nitrogen and oxygen atoms in total. The van der Waals surface area contributed by atoms with Gasteiger partial charge in [-0.05, 0) is 26.3 Å². The Balaban J connectivity index is 2.69. The second-order valence-corrected chi connectivity index (χ2v) is 3.29. The zero-order valence-electron chi connectivity index (χ0n) is 6.78. The van der Waals surface area contributed by atoms with E-state index in [4.69, 9.17) is 5.11 Å². The van der Waals surface area contributed by atoms with E-state index in [9.17, 15) is 13.2 Å². The van der Waals surface area contributed by atoms with Gasteiger partial charge in [-0.15, -0.1) is 0 Å². The molecule has 0 spiro atoms. The molecule has 0 aromatic carbocycles. The molecule has 1 saturated heterocycles. The second kappa shape index (κ2) is 2.88. The lowest BCUT2D eigenvalue weighted by molar-refractivity contribution is -0.261. The first-order valence-electron chi connectivity index (χ1n) is 3.88. The third kappa shape index (κ3) is 1.56. The molecular weight excluding hydrogens is 171 g/mol. The molecule has 1 rings (SSSR count). The molecule has 5 heteroatoms. The highest BCUT2D eigenvalue weighted by Gasteiger charge is 2.55. The average molecular weight is 183 g/mol. The van der Waals surface area contributed by atoms with Crippen LogP contribution in [0.15, 0.2) is 0 Å². The summed E-state index contributed by atoms with van der Waals surface area (Å²) < 4.78 is 36.6. The molecule has 1 heterocycles. The number of rotatable bonds is 1. The molecule has 2 atom stereocenters. The van der Waals surface area contributed by atoms with Crippen molar-refractivity contribution in [1.29, 1.82) is 0 Å². The Morgan fingerprint density at radius 1 is 1.42 bits per heavy atom. The van der Waals surface area contributed by atoms with Crippen molar-refractivity contribution in [2.24, 2.45) is 0 Å². The smallest absolute Gasteiger partial charge is 0.379 e. The standard InChI is InChI=1S/C7H12F3NO/c1-6(12,7(8,9)10)5-3-2-4-11-5/h5,11-12H,2-4H2,1H3/t5-,6-/m0/s1. The summed E-state index contributed by atoms with van der Waals surface area (Å²) in [6, 6.07) is -0.850. The highest BCUT2D eigenvalue weighted by atomic mass is 19.4. The van der Waals surface area contributed by atoms with Crippen LogP contribution < -0.4 is 5.32 Å². The fraction of sp³-hybridized carbons (Fsp3) is 1.00. The third-order valence-electron chi connectivity index (χ3n) is 2.31. The third-order valence-corrected chi connectivity index (χ3v) is 2.31. The van der Waals surface area contributed by atoms with Crippen LogP contribution >= 0.6 is 0 Å². The monoisotopic (exact) mass is 183 g/mol. The Labute approximate surface area is 68.8 Å². The van der Waals surface area contributed by atoms with Crippen LogP contribution in [-0.4, -0.2) is 29.5 Å². The quantitative estimate of drug-likeness (QED) is 0.637. The topological polar surface area (TPSA) is 32.3 Å². The molecule has 0 amide bonds. The van der Waals surface area contributed by atoms with Gasteiger partial charge in [0.25, 0.3) is 0 Å². The van der Waals surface area contributed by atoms with Crippen molar-refractivity contribution in [3.05, 3.63) is 0 Å². The Bertz CT molecular complexity index is 161. The van der Waals surface area contributed by atoms with Crippen molar-refractivity contribution in [2.75, 3.05) is 6.54 Å². The Morgan fingerprint density at radius 3 is 2.33 bits per heavy atom. The molecule has 72 valence electrons. The van der Waals surface area contributed by atoms with Gasteiger partial charge in [-0.2, -0.15) is 13.2 Å². The van der Waals surface area contributed by atoms with Crippen LogP contribution in [0.2, 0.25) is 0 Å². The predicted octanol–water partition coefficient (Wildman–Crippen LogP) is 1.05. The Kier molecular flexibility index (Phi) is 2.35. The summed E-state index contributed by atoms with van der Waals surface area (Å²) in [5, 5.41) is 11.8. The highest BCUT2D eigenvalue weighted by molar-refractivity contribution is 4.96. The van der Waals surface area contributed by atoms with E-state index in [0.29, 0.717) is 19.4 Å². The van der Waals surface area contributed by atoms with E-state index in [0.717, 1.165) is 6.92 Å². The minimum absolute atomic E-state index is 0.381. The minimum atomic E-state index is -4.55. The first-order valence-corrected chi connectivity index (χ1v) is 3.88. The van der Waals surface area contributed by atoms with Gasteiger partial charge in [0.05, 0.1) is 0 Å². The fourth-order valence-corrected chi connectivity index (χ4v) is 1.36. The van der Waals surface area contributed by atoms with Gasteiger partial charge in [0.15, 0.2) is 5.60 Å². The van der Waals surface area contributed by atoms with E-state index >= 15 is 0 Å². The van der Waals surface area contributed by atoms with E-state index in [2.05, 4.69) is 5.32 Å². The van der Waals surface area contributed by atoms with Gasteiger partial charge >= 0.3 is 6.18 Å². The molecule has 1 aliphatic rings. The van der Waals surface area contributed by atoms with Gasteiger partial charge in [0, 0.05) is 6.04 Å². The Morgan fingerprint density at radius 2 is 2.00 bits per heavy atom. The molecule has 12 heavy (non-hydrogen) atoms. The number of aliphatic hydroxyl groups is 1. The molecule has 2 N–H and O–H groups in total. The van der Waals surface area contributed by atoms with Crippen LogP contribution in [0.4, 0.5) is 13.2 Å². The van der Waals surface area contributed by atoms with Crippen LogP contribution in [-0.2, 0) is 0 Å². The molecule has 0 radical (unpaired) electrons. The highest BCUT2D eigenvalue weighted by Crippen LogP contribution is 2.35. The van der Waals surface area contributed by atoms with E-state index in [1.165, 1.54) is 0 Å². The van der Waals surface area contributed by atoms with E-state index in [-0.39, 0.29) is 0 Å². The first-order chi connectivity index (χ1) is 5.36. The number of alkyl halides is 3. The minimum Gasteiger partial charge on any atom is -0.379 e. The molecule has 1 aliphatic heterocycles. The maximum Gasteiger partial charge on any atom is 0.418 e. The second-order valence-electron chi connectivity index (χ2n) is 3.29. The van der Waals surface area contributed by atoms with E-state index in [1.807, 2.05) is 0 Å². The SMILES string of the molecule is C[C@](O)([C@@H]1CCCN1)C(F)(F)F. The molecule has 0 aromatic rings. The van der Waals surface area contributed by atoms with E-state index in [1.54, 1.807) is 0 Å². The number of hydrogen-bond acceptors (Lipinski definition) is 2. The summed E-state index contributed by atoms with van der Waals surface area (Å²) in [7, 11) is 0. The lowest BCUT2D eigenvalue weighted by Crippen LogP contribution is -2.55. The summed E-state index contributed by atoms with van der Waals surface area (Å²) in [5.41, 5.74) is -2.59. The van der Waals surface area contributed by atoms with Gasteiger partial charge in [-0.25, -0.2) is 0 Å². The number of halogens is 3. The van der Waals surface area contributed by atoms with Crippen molar-refractivity contribution in [2.45, 2.75) is 37.6 Å². The van der Waals surface area contributed by atoms with Gasteiger partial charge in [-0.3, -0.25) is 0 Å². The number of hydrogen-bond donors (Lipinski definition) is 2. The molecule has 0 aliphatic carbocycles. The van der Waals surface area contributed by atoms with Crippen LogP contribution in [0.1, 0.15) is 19.8 Å². The van der Waals surface area contributed by atoms with Crippen molar-refractivity contribution in [1.82, 2.24) is 5.32 Å². The van der Waals surface area contributed by atoms with Crippen molar-refractivity contribution in [3.8, 4) is 0 Å². The van der Waals surface area contributed by atoms with Crippen molar-refractivity contribution in [3.63, 3.8) is 0 Å². The summed E-state index contributed by atoms with van der Waals surface area (Å²) in [4.78, 5) is 0. The lowest BCUT2D eigenvalue weighted by Gasteiger charge is -2.32. The zero-order chi connectivity index (χ0) is 9.41. The van der Waals surface area contributed by atoms with Gasteiger partial charge in [-0.1, -0.05) is 0 Å². The van der Waals surface area contributed by atoms with Gasteiger partial charge in [0.1, 0.15) is 0 Å². The summed E-state index contributed by atoms with van der Waals surface area (Å²) >= 11 is 0. The summed E-state index contributed by atoms with van der Waals surface area (Å²) in [5.74, 6) is 0. The molecular formula is C7H12F3NO. The van der Waals surface area contributed by atoms with E-state index < -0.39 is 17.8 Å². The molecule has 1 fully saturated rings. The molecule has 0 unspecified atom stereocenters. The van der Waals surface area contributed by atoms with Crippen LogP contribution in [0.3, 0.4) is 0 Å². The summed E-state index contributed by atoms with van der Waals surface area (Å²) in [6.45, 7) is 1.37. The number of nitrogens with one attached hydrogen (secondary N) is 1. The average Bonchev–Trinajstić information content (AvgIpc) is 2.34. The Hall–Kier alpha value is -0.290. The van der Waals surface area contributed by atoms with Crippen LogP contribution in [0, 0.1) is 0 Å². The van der Waals surface area contributed by atoms with Gasteiger partial charge in [0.2, 0.25) is 0 Å². The zero-order valence-corrected chi connectivity index (χ0v) is 6.78. The molecule has 0 aromatic heterocycles. The van der Waals surface area contributed by atoms with Crippen LogP contribution in [0.25, 0.3) is 0 Å². The lowest BCUT2D eigenvalue weighted by atomic mass is 9.94. The van der Waals surface area contributed by atoms with Crippen LogP contribution in [0.5, 0.6) is 0 Å². The maximum absolute atomic E-state index is 12.2. The van der Waals surface area contributed by atoms with Crippen molar-refractivity contribution >= 4 is 0 Å². The van der Waals surface area contributed by atoms with Gasteiger partial charge < -0.3 is 10.4 Å².